The standard InChI is InChI=1S/C9H8BrFO2/c1-13-5-8(12)9-6(10)3-2-4-7(9)11/h2-4H,5H2,1H3. The van der Waals surface area contributed by atoms with Crippen molar-refractivity contribution < 1.29 is 13.9 Å². The molecule has 0 amide bonds. The van der Waals surface area contributed by atoms with Crippen LogP contribution in [0.25, 0.3) is 0 Å². The minimum atomic E-state index is -0.531. The number of hydrogen-bond donors (Lipinski definition) is 0. The van der Waals surface area contributed by atoms with Gasteiger partial charge >= 0.3 is 0 Å². The molecule has 0 aromatic heterocycles. The molecule has 1 aromatic rings. The molecule has 0 atom stereocenters. The monoisotopic (exact) mass is 246 g/mol. The van der Waals surface area contributed by atoms with E-state index in [1.165, 1.54) is 19.2 Å². The molecule has 70 valence electrons. The summed E-state index contributed by atoms with van der Waals surface area (Å²) in [5, 5.41) is 0. The fourth-order valence-corrected chi connectivity index (χ4v) is 1.53. The normalized spacial score (nSPS) is 10.1. The summed E-state index contributed by atoms with van der Waals surface area (Å²) in [6, 6.07) is 4.39. The van der Waals surface area contributed by atoms with E-state index >= 15 is 0 Å². The molecule has 0 radical (unpaired) electrons. The lowest BCUT2D eigenvalue weighted by Gasteiger charge is -2.03. The Bertz CT molecular complexity index is 305. The SMILES string of the molecule is COCC(=O)c1c(F)cccc1Br. The second kappa shape index (κ2) is 4.48. The van der Waals surface area contributed by atoms with Gasteiger partial charge in [0.25, 0.3) is 0 Å². The third-order valence-electron chi connectivity index (χ3n) is 1.52. The first-order valence-electron chi connectivity index (χ1n) is 3.63. The highest BCUT2D eigenvalue weighted by Crippen LogP contribution is 2.19. The average molecular weight is 247 g/mol. The zero-order valence-corrected chi connectivity index (χ0v) is 8.60. The minimum absolute atomic E-state index is 0.0457. The highest BCUT2D eigenvalue weighted by molar-refractivity contribution is 9.10. The highest BCUT2D eigenvalue weighted by Gasteiger charge is 2.14. The van der Waals surface area contributed by atoms with Crippen LogP contribution < -0.4 is 0 Å². The van der Waals surface area contributed by atoms with Crippen LogP contribution in [0.4, 0.5) is 4.39 Å². The maximum atomic E-state index is 13.1. The first-order chi connectivity index (χ1) is 6.16. The number of Topliss-reactive ketones (excluding diaryl/α,β-unsaturated/α-hetero) is 1. The Morgan fingerprint density at radius 1 is 1.62 bits per heavy atom. The summed E-state index contributed by atoms with van der Waals surface area (Å²) in [4.78, 5) is 11.3. The highest BCUT2D eigenvalue weighted by atomic mass is 79.9. The zero-order valence-electron chi connectivity index (χ0n) is 7.01. The van der Waals surface area contributed by atoms with E-state index in [2.05, 4.69) is 20.7 Å². The third kappa shape index (κ3) is 2.35. The molecule has 4 heteroatoms. The van der Waals surface area contributed by atoms with Crippen LogP contribution in [0.1, 0.15) is 10.4 Å². The largest absolute Gasteiger partial charge is 0.377 e. The van der Waals surface area contributed by atoms with Crippen LogP contribution in [0.5, 0.6) is 0 Å². The molecule has 0 unspecified atom stereocenters. The molecule has 0 aliphatic carbocycles. The molecule has 0 aliphatic heterocycles. The zero-order chi connectivity index (χ0) is 9.84. The Morgan fingerprint density at radius 3 is 2.85 bits per heavy atom. The van der Waals surface area contributed by atoms with E-state index in [1.54, 1.807) is 6.07 Å². The Labute approximate surface area is 83.8 Å². The Hall–Kier alpha value is -0.740. The number of ketones is 1. The first kappa shape index (κ1) is 10.3. The van der Waals surface area contributed by atoms with Crippen LogP contribution >= 0.6 is 15.9 Å². The van der Waals surface area contributed by atoms with E-state index < -0.39 is 5.82 Å². The minimum Gasteiger partial charge on any atom is -0.377 e. The maximum absolute atomic E-state index is 13.1. The van der Waals surface area contributed by atoms with Crippen LogP contribution in [0.3, 0.4) is 0 Å². The molecule has 0 spiro atoms. The maximum Gasteiger partial charge on any atom is 0.192 e. The topological polar surface area (TPSA) is 26.3 Å². The van der Waals surface area contributed by atoms with Crippen molar-refractivity contribution >= 4 is 21.7 Å². The quantitative estimate of drug-likeness (QED) is 0.766. The van der Waals surface area contributed by atoms with Gasteiger partial charge in [-0.2, -0.15) is 0 Å². The number of rotatable bonds is 3. The average Bonchev–Trinajstić information content (AvgIpc) is 2.04. The Morgan fingerprint density at radius 2 is 2.31 bits per heavy atom. The van der Waals surface area contributed by atoms with Crippen molar-refractivity contribution in [3.63, 3.8) is 0 Å². The van der Waals surface area contributed by atoms with Crippen molar-refractivity contribution in [1.29, 1.82) is 0 Å². The summed E-state index contributed by atoms with van der Waals surface area (Å²) in [5.41, 5.74) is 0.0457. The summed E-state index contributed by atoms with van der Waals surface area (Å²) in [6.07, 6.45) is 0. The van der Waals surface area contributed by atoms with Gasteiger partial charge in [0.2, 0.25) is 0 Å². The van der Waals surface area contributed by atoms with Crippen LogP contribution in [0.2, 0.25) is 0 Å². The van der Waals surface area contributed by atoms with Crippen molar-refractivity contribution in [2.45, 2.75) is 0 Å². The Balaban J connectivity index is 3.05. The lowest BCUT2D eigenvalue weighted by molar-refractivity contribution is 0.0843. The van der Waals surface area contributed by atoms with Crippen molar-refractivity contribution in [1.82, 2.24) is 0 Å². The van der Waals surface area contributed by atoms with Crippen LogP contribution in [-0.2, 0) is 4.74 Å². The summed E-state index contributed by atoms with van der Waals surface area (Å²) in [6.45, 7) is -0.112. The predicted octanol–water partition coefficient (Wildman–Crippen LogP) is 2.42. The van der Waals surface area contributed by atoms with Crippen molar-refractivity contribution in [2.24, 2.45) is 0 Å². The lowest BCUT2D eigenvalue weighted by atomic mass is 10.1. The van der Waals surface area contributed by atoms with Crippen LogP contribution in [-0.4, -0.2) is 19.5 Å². The van der Waals surface area contributed by atoms with E-state index in [-0.39, 0.29) is 18.0 Å². The van der Waals surface area contributed by atoms with Gasteiger partial charge in [-0.1, -0.05) is 6.07 Å². The van der Waals surface area contributed by atoms with Gasteiger partial charge in [-0.3, -0.25) is 4.79 Å². The molecule has 0 fully saturated rings. The third-order valence-corrected chi connectivity index (χ3v) is 2.18. The van der Waals surface area contributed by atoms with Crippen molar-refractivity contribution in [3.8, 4) is 0 Å². The number of ether oxygens (including phenoxy) is 1. The fraction of sp³-hybridized carbons (Fsp3) is 0.222. The molecule has 1 aromatic carbocycles. The summed E-state index contributed by atoms with van der Waals surface area (Å²) in [7, 11) is 1.40. The molecule has 13 heavy (non-hydrogen) atoms. The molecular weight excluding hydrogens is 239 g/mol. The van der Waals surface area contributed by atoms with Gasteiger partial charge in [0.1, 0.15) is 12.4 Å². The Kier molecular flexibility index (Phi) is 3.57. The molecule has 0 saturated carbocycles. The van der Waals surface area contributed by atoms with E-state index in [9.17, 15) is 9.18 Å². The van der Waals surface area contributed by atoms with Crippen LogP contribution in [0, 0.1) is 5.82 Å². The van der Waals surface area contributed by atoms with E-state index in [0.29, 0.717) is 4.47 Å². The molecule has 2 nitrogen and oxygen atoms in total. The van der Waals surface area contributed by atoms with E-state index in [4.69, 9.17) is 0 Å². The number of hydrogen-bond acceptors (Lipinski definition) is 2. The second-order valence-corrected chi connectivity index (χ2v) is 3.31. The molecular formula is C9H8BrFO2. The van der Waals surface area contributed by atoms with Gasteiger partial charge < -0.3 is 4.74 Å². The van der Waals surface area contributed by atoms with E-state index in [1.807, 2.05) is 0 Å². The van der Waals surface area contributed by atoms with Crippen LogP contribution in [0.15, 0.2) is 22.7 Å². The van der Waals surface area contributed by atoms with Gasteiger partial charge in [0, 0.05) is 11.6 Å². The van der Waals surface area contributed by atoms with Gasteiger partial charge in [-0.05, 0) is 28.1 Å². The number of carbonyl (C=O) groups excluding carboxylic acids is 1. The molecule has 0 N–H and O–H groups in total. The van der Waals surface area contributed by atoms with E-state index in [0.717, 1.165) is 0 Å². The van der Waals surface area contributed by atoms with Gasteiger partial charge in [-0.15, -0.1) is 0 Å². The first-order valence-corrected chi connectivity index (χ1v) is 4.42. The van der Waals surface area contributed by atoms with Gasteiger partial charge in [0.05, 0.1) is 5.56 Å². The predicted molar refractivity (Wildman–Crippen MR) is 50.3 cm³/mol. The van der Waals surface area contributed by atoms with Gasteiger partial charge in [0.15, 0.2) is 5.78 Å². The molecule has 1 rings (SSSR count). The van der Waals surface area contributed by atoms with Crippen molar-refractivity contribution in [3.05, 3.63) is 34.1 Å². The van der Waals surface area contributed by atoms with Crippen molar-refractivity contribution in [2.75, 3.05) is 13.7 Å². The number of methoxy groups -OCH3 is 1. The molecule has 0 aliphatic rings. The molecule has 0 saturated heterocycles. The fourth-order valence-electron chi connectivity index (χ4n) is 0.967. The molecule has 0 bridgehead atoms. The smallest absolute Gasteiger partial charge is 0.192 e. The summed E-state index contributed by atoms with van der Waals surface area (Å²) in [5.74, 6) is -0.899. The lowest BCUT2D eigenvalue weighted by Crippen LogP contribution is -2.09. The number of benzene rings is 1. The number of carbonyl (C=O) groups is 1. The number of halogens is 2. The molecule has 0 heterocycles. The second-order valence-electron chi connectivity index (χ2n) is 2.45. The van der Waals surface area contributed by atoms with Gasteiger partial charge in [-0.25, -0.2) is 4.39 Å². The summed E-state index contributed by atoms with van der Waals surface area (Å²) >= 11 is 3.10. The summed E-state index contributed by atoms with van der Waals surface area (Å²) < 4.78 is 18.2.